The molecule has 1 fully saturated rings. The van der Waals surface area contributed by atoms with Crippen molar-refractivity contribution < 1.29 is 88.9 Å². The zero-order chi connectivity index (χ0) is 80.1. The van der Waals surface area contributed by atoms with Crippen molar-refractivity contribution in [1.82, 2.24) is 0 Å². The smallest absolute Gasteiger partial charge is 0.475 e. The second kappa shape index (κ2) is 56.1. The number of allylic oxidation sites excluding steroid dienone is 8. The molecule has 1 saturated carbocycles. The van der Waals surface area contributed by atoms with Gasteiger partial charge in [-0.25, -0.2) is 9.13 Å². The highest BCUT2D eigenvalue weighted by molar-refractivity contribution is 7.48. The molecule has 0 amide bonds. The Bertz CT molecular complexity index is 3660. The molecule has 113 heavy (non-hydrogen) atoms. The summed E-state index contributed by atoms with van der Waals surface area (Å²) in [6.45, 7) is 1.87. The maximum Gasteiger partial charge on any atom is 0.475 e. The Morgan fingerprint density at radius 2 is 0.681 bits per heavy atom. The molecule has 0 spiro atoms. The predicted octanol–water partition coefficient (Wildman–Crippen LogP) is 22.7. The number of ether oxygens (including phenoxy) is 8. The molecule has 6 aromatic carbocycles. The Kier molecular flexibility index (Phi) is 46.1. The van der Waals surface area contributed by atoms with E-state index in [0.29, 0.717) is 69.9 Å². The molecule has 0 bridgehead atoms. The van der Waals surface area contributed by atoms with Gasteiger partial charge in [-0.3, -0.25) is 36.7 Å². The summed E-state index contributed by atoms with van der Waals surface area (Å²) < 4.78 is 121. The molecule has 8 atom stereocenters. The van der Waals surface area contributed by atoms with Crippen molar-refractivity contribution in [1.29, 1.82) is 0 Å². The van der Waals surface area contributed by atoms with Crippen LogP contribution in [-0.4, -0.2) is 94.3 Å². The first-order valence-electron chi connectivity index (χ1n) is 41.0. The van der Waals surface area contributed by atoms with Gasteiger partial charge in [-0.15, -0.1) is 0 Å². The van der Waals surface area contributed by atoms with E-state index < -0.39 is 83.5 Å². The van der Waals surface area contributed by atoms with Crippen LogP contribution in [0.25, 0.3) is 0 Å². The summed E-state index contributed by atoms with van der Waals surface area (Å²) in [6.07, 6.45) is 31.8. The highest BCUT2D eigenvalue weighted by Gasteiger charge is 2.58. The summed E-state index contributed by atoms with van der Waals surface area (Å²) in [5.74, 6) is 0.619. The minimum Gasteiger partial charge on any atom is -0.497 e. The summed E-state index contributed by atoms with van der Waals surface area (Å²) in [5, 5.41) is 13.4. The zero-order valence-electron chi connectivity index (χ0n) is 67.5. The van der Waals surface area contributed by atoms with Gasteiger partial charge in [0.1, 0.15) is 60.5 Å². The van der Waals surface area contributed by atoms with Gasteiger partial charge in [-0.1, -0.05) is 293 Å². The molecular formula is C92H126O19P2. The van der Waals surface area contributed by atoms with Gasteiger partial charge >= 0.3 is 27.6 Å². The second-order valence-electron chi connectivity index (χ2n) is 28.4. The van der Waals surface area contributed by atoms with Crippen molar-refractivity contribution >= 4 is 27.6 Å². The molecule has 7 rings (SSSR count). The Hall–Kier alpha value is -7.32. The fourth-order valence-electron chi connectivity index (χ4n) is 12.7. The van der Waals surface area contributed by atoms with Crippen LogP contribution < -0.4 is 14.2 Å². The number of benzene rings is 6. The molecule has 1 unspecified atom stereocenters. The van der Waals surface area contributed by atoms with Gasteiger partial charge in [0.2, 0.25) is 0 Å². The number of hydrogen-bond donors (Lipinski definition) is 1. The molecule has 0 aromatic heterocycles. The third-order valence-corrected chi connectivity index (χ3v) is 22.1. The van der Waals surface area contributed by atoms with Gasteiger partial charge in [-0.05, 0) is 121 Å². The van der Waals surface area contributed by atoms with Gasteiger partial charge in [0.25, 0.3) is 0 Å². The van der Waals surface area contributed by atoms with Crippen molar-refractivity contribution in [3.63, 3.8) is 0 Å². The maximum atomic E-state index is 16.5. The minimum absolute atomic E-state index is 0.00225. The van der Waals surface area contributed by atoms with Crippen molar-refractivity contribution in [2.75, 3.05) is 34.5 Å². The predicted molar refractivity (Wildman–Crippen MR) is 444 cm³/mol. The summed E-state index contributed by atoms with van der Waals surface area (Å²) in [6, 6.07) is 48.3. The fraction of sp³-hybridized carbons (Fsp3) is 0.500. The number of carbonyl (C=O) groups is 2. The standard InChI is InChI=1S/C92H126O19P2/c1-6-8-10-12-14-16-18-20-22-23-25-27-29-31-33-35-46-54-86(94)109-84(73-101-85(93)53-45-34-32-30-28-26-24-21-19-17-15-13-11-9-7-2)74-108-113(97,107-72-77-51-43-38-44-52-77)111-92-89(103-68-79-57-63-82(99-4)64-58-79)87(95)88(102-67-78-55-61-81(98-3)62-56-78)91(90(92)104-69-80-59-65-83(100-5)66-60-80)110-112(96,105-70-75-47-39-36-40-48-75)106-71-76-49-41-37-42-50-76/h14,16,20,22,25,27,31,33,36-44,47-52,55-66,84,87-92,95H,6-13,15,17-19,21,23-24,26,28-30,32,34-35,45-46,53-54,67-74H2,1-5H3/b16-14+,22-20+,27-25+,33-31+/t84-,87+,88+,89-,90-,91-,92+,113?/m1/s1. The molecule has 0 radical (unpaired) electrons. The van der Waals surface area contributed by atoms with Gasteiger partial charge in [0.15, 0.2) is 6.10 Å². The number of aliphatic hydroxyl groups excluding tert-OH is 1. The number of phosphoric acid groups is 2. The van der Waals surface area contributed by atoms with Gasteiger partial charge in [0, 0.05) is 12.8 Å². The average Bonchev–Trinajstić information content (AvgIpc) is 0.754. The summed E-state index contributed by atoms with van der Waals surface area (Å²) in [7, 11) is -5.42. The van der Waals surface area contributed by atoms with E-state index in [1.807, 2.05) is 48.5 Å². The molecule has 19 nitrogen and oxygen atoms in total. The van der Waals surface area contributed by atoms with E-state index in [0.717, 1.165) is 51.4 Å². The Morgan fingerprint density at radius 3 is 1.07 bits per heavy atom. The van der Waals surface area contributed by atoms with Crippen molar-refractivity contribution in [2.24, 2.45) is 0 Å². The van der Waals surface area contributed by atoms with Crippen LogP contribution in [0.15, 0.2) is 212 Å². The van der Waals surface area contributed by atoms with Crippen LogP contribution >= 0.6 is 15.6 Å². The van der Waals surface area contributed by atoms with Crippen LogP contribution in [0, 0.1) is 0 Å². The number of phosphoric ester groups is 2. The molecule has 0 aliphatic heterocycles. The van der Waals surface area contributed by atoms with Crippen LogP contribution in [0.3, 0.4) is 0 Å². The van der Waals surface area contributed by atoms with Crippen molar-refractivity contribution in [2.45, 2.75) is 263 Å². The Balaban J connectivity index is 1.21. The first-order chi connectivity index (χ1) is 55.3. The number of esters is 2. The third kappa shape index (κ3) is 37.9. The van der Waals surface area contributed by atoms with Crippen LogP contribution in [0.4, 0.5) is 0 Å². The molecule has 1 aliphatic rings. The summed E-state index contributed by atoms with van der Waals surface area (Å²) in [5.41, 5.74) is 3.72. The lowest BCUT2D eigenvalue weighted by Crippen LogP contribution is -2.66. The second-order valence-corrected chi connectivity index (χ2v) is 31.7. The average molecular weight is 1600 g/mol. The Morgan fingerprint density at radius 1 is 0.354 bits per heavy atom. The Labute approximate surface area is 673 Å². The van der Waals surface area contributed by atoms with Crippen LogP contribution in [-0.2, 0) is 109 Å². The number of rotatable bonds is 61. The van der Waals surface area contributed by atoms with Gasteiger partial charge < -0.3 is 43.0 Å². The van der Waals surface area contributed by atoms with E-state index in [1.165, 1.54) is 83.5 Å². The maximum absolute atomic E-state index is 16.5. The van der Waals surface area contributed by atoms with E-state index in [-0.39, 0.29) is 52.5 Å². The molecule has 0 heterocycles. The lowest BCUT2D eigenvalue weighted by atomic mass is 9.84. The van der Waals surface area contributed by atoms with E-state index in [1.54, 1.807) is 143 Å². The first-order valence-corrected chi connectivity index (χ1v) is 43.9. The highest BCUT2D eigenvalue weighted by atomic mass is 31.2. The number of carbonyl (C=O) groups excluding carboxylic acids is 2. The van der Waals surface area contributed by atoms with Gasteiger partial charge in [-0.2, -0.15) is 0 Å². The quantitative estimate of drug-likeness (QED) is 0.0162. The minimum atomic E-state index is -5.18. The number of hydrogen-bond acceptors (Lipinski definition) is 19. The summed E-state index contributed by atoms with van der Waals surface area (Å²) >= 11 is 0. The largest absolute Gasteiger partial charge is 0.497 e. The van der Waals surface area contributed by atoms with Gasteiger partial charge in [0.05, 0.1) is 67.6 Å². The lowest BCUT2D eigenvalue weighted by Gasteiger charge is -2.48. The first kappa shape index (κ1) is 92.8. The van der Waals surface area contributed by atoms with Crippen LogP contribution in [0.5, 0.6) is 17.2 Å². The molecular weight excluding hydrogens is 1470 g/mol. The van der Waals surface area contributed by atoms with Crippen LogP contribution in [0.1, 0.15) is 214 Å². The SMILES string of the molecule is CCCCC/C=C/C/C=C/C/C=C/C/C=C/CCCC(=O)O[C@H](COC(=O)CCCCCCCCCCCCCCCCC)COP(=O)(OCc1ccccc1)O[C@@H]1[C@H](OCc2ccc(OC)cc2)[C@H](OP(=O)(OCc2ccccc2)OCc2ccccc2)[C@@H](OCc2ccc(OC)cc2)[C@H](O)[C@H]1OCc1ccc(OC)cc1. The highest BCUT2D eigenvalue weighted by Crippen LogP contribution is 2.58. The fourth-order valence-corrected chi connectivity index (χ4v) is 15.5. The number of methoxy groups -OCH3 is 3. The molecule has 0 saturated heterocycles. The van der Waals surface area contributed by atoms with Crippen molar-refractivity contribution in [3.8, 4) is 17.2 Å². The third-order valence-electron chi connectivity index (χ3n) is 19.3. The molecule has 1 N–H and O–H groups in total. The molecule has 618 valence electrons. The zero-order valence-corrected chi connectivity index (χ0v) is 69.3. The molecule has 21 heteroatoms. The topological polar surface area (TPSA) is 218 Å². The van der Waals surface area contributed by atoms with E-state index >= 15 is 9.13 Å². The normalized spacial score (nSPS) is 17.4. The van der Waals surface area contributed by atoms with Crippen molar-refractivity contribution in [3.05, 3.63) is 246 Å². The number of unbranched alkanes of at least 4 members (excludes halogenated alkanes) is 18. The molecule has 6 aromatic rings. The molecule has 1 aliphatic carbocycles. The van der Waals surface area contributed by atoms with Crippen LogP contribution in [0.2, 0.25) is 0 Å². The van der Waals surface area contributed by atoms with E-state index in [4.69, 9.17) is 65.0 Å². The monoisotopic (exact) mass is 1600 g/mol. The number of aliphatic hydroxyl groups is 1. The summed E-state index contributed by atoms with van der Waals surface area (Å²) in [4.78, 5) is 27.8. The lowest BCUT2D eigenvalue weighted by molar-refractivity contribution is -0.256. The van der Waals surface area contributed by atoms with E-state index in [9.17, 15) is 14.7 Å². The van der Waals surface area contributed by atoms with E-state index in [2.05, 4.69) is 56.4 Å².